The number of nitrogens with one attached hydrogen (secondary N) is 1. The molecule has 0 heterocycles. The lowest BCUT2D eigenvalue weighted by Crippen LogP contribution is -2.20. The van der Waals surface area contributed by atoms with Crippen LogP contribution in [0, 0.1) is 11.3 Å². The molecule has 0 fully saturated rings. The van der Waals surface area contributed by atoms with Gasteiger partial charge >= 0.3 is 5.97 Å². The van der Waals surface area contributed by atoms with Crippen LogP contribution in [-0.2, 0) is 4.79 Å². The average molecular weight is 234 g/mol. The predicted molar refractivity (Wildman–Crippen MR) is 62.5 cm³/mol. The molecule has 1 aromatic rings. The van der Waals surface area contributed by atoms with Gasteiger partial charge in [-0.1, -0.05) is 12.1 Å². The van der Waals surface area contributed by atoms with Crippen molar-refractivity contribution in [1.82, 2.24) is 0 Å². The second-order valence-electron chi connectivity index (χ2n) is 3.62. The monoisotopic (exact) mass is 234 g/mol. The Morgan fingerprint density at radius 2 is 2.18 bits per heavy atom. The van der Waals surface area contributed by atoms with Crippen LogP contribution in [0.25, 0.3) is 0 Å². The van der Waals surface area contributed by atoms with Gasteiger partial charge in [-0.05, 0) is 18.6 Å². The van der Waals surface area contributed by atoms with Gasteiger partial charge in [0.1, 0.15) is 6.07 Å². The molecule has 0 bridgehead atoms. The van der Waals surface area contributed by atoms with Gasteiger partial charge in [-0.3, -0.25) is 4.79 Å². The highest BCUT2D eigenvalue weighted by Crippen LogP contribution is 2.13. The molecule has 0 saturated carbocycles. The zero-order valence-electron chi connectivity index (χ0n) is 9.26. The molecule has 0 radical (unpaired) electrons. The van der Waals surface area contributed by atoms with E-state index in [0.717, 1.165) is 0 Å². The van der Waals surface area contributed by atoms with Crippen molar-refractivity contribution in [1.29, 1.82) is 5.26 Å². The minimum Gasteiger partial charge on any atom is -0.481 e. The second-order valence-corrected chi connectivity index (χ2v) is 3.62. The molecule has 0 aliphatic carbocycles. The maximum atomic E-state index is 10.3. The Morgan fingerprint density at radius 1 is 1.47 bits per heavy atom. The van der Waals surface area contributed by atoms with Gasteiger partial charge in [-0.15, -0.1) is 0 Å². The van der Waals surface area contributed by atoms with Crippen LogP contribution < -0.4 is 5.32 Å². The molecule has 1 aromatic carbocycles. The number of carbonyl (C=O) groups is 1. The number of benzene rings is 1. The summed E-state index contributed by atoms with van der Waals surface area (Å²) in [6.45, 7) is 0.228. The summed E-state index contributed by atoms with van der Waals surface area (Å²) >= 11 is 0. The molecule has 0 amide bonds. The molecule has 0 spiro atoms. The lowest BCUT2D eigenvalue weighted by atomic mass is 10.1. The van der Waals surface area contributed by atoms with Crippen LogP contribution in [-0.4, -0.2) is 28.8 Å². The summed E-state index contributed by atoms with van der Waals surface area (Å²) in [6.07, 6.45) is -0.613. The minimum atomic E-state index is -0.929. The maximum absolute atomic E-state index is 10.3. The van der Waals surface area contributed by atoms with E-state index < -0.39 is 12.1 Å². The lowest BCUT2D eigenvalue weighted by Gasteiger charge is -2.12. The third-order valence-corrected chi connectivity index (χ3v) is 2.27. The van der Waals surface area contributed by atoms with Crippen molar-refractivity contribution in [3.63, 3.8) is 0 Å². The minimum absolute atomic E-state index is 0.0667. The third kappa shape index (κ3) is 4.53. The van der Waals surface area contributed by atoms with Gasteiger partial charge in [0.05, 0.1) is 17.4 Å². The van der Waals surface area contributed by atoms with Crippen LogP contribution in [0.3, 0.4) is 0 Å². The summed E-state index contributed by atoms with van der Waals surface area (Å²) in [5.41, 5.74) is 1.14. The summed E-state index contributed by atoms with van der Waals surface area (Å²) in [7, 11) is 0. The predicted octanol–water partition coefficient (Wildman–Crippen LogP) is 1.20. The molecule has 0 saturated heterocycles. The fourth-order valence-corrected chi connectivity index (χ4v) is 1.35. The highest BCUT2D eigenvalue weighted by molar-refractivity contribution is 5.66. The number of aliphatic hydroxyl groups excluding tert-OH is 1. The smallest absolute Gasteiger partial charge is 0.303 e. The summed E-state index contributed by atoms with van der Waals surface area (Å²) in [4.78, 5) is 10.3. The summed E-state index contributed by atoms with van der Waals surface area (Å²) < 4.78 is 0. The molecule has 0 aromatic heterocycles. The van der Waals surface area contributed by atoms with Crippen molar-refractivity contribution in [3.8, 4) is 6.07 Å². The van der Waals surface area contributed by atoms with E-state index in [2.05, 4.69) is 5.32 Å². The number of carboxylic acid groups (broad SMARTS) is 1. The van der Waals surface area contributed by atoms with E-state index in [4.69, 9.17) is 10.4 Å². The SMILES string of the molecule is N#Cc1ccccc1NCC(O)CCC(=O)O. The van der Waals surface area contributed by atoms with Crippen LogP contribution in [0.4, 0.5) is 5.69 Å². The quantitative estimate of drug-likeness (QED) is 0.687. The van der Waals surface area contributed by atoms with Gasteiger partial charge < -0.3 is 15.5 Å². The number of aliphatic hydroxyl groups is 1. The topological polar surface area (TPSA) is 93.4 Å². The number of hydrogen-bond acceptors (Lipinski definition) is 4. The molecule has 5 heteroatoms. The van der Waals surface area contributed by atoms with Crippen molar-refractivity contribution in [2.45, 2.75) is 18.9 Å². The largest absolute Gasteiger partial charge is 0.481 e. The maximum Gasteiger partial charge on any atom is 0.303 e. The molecule has 3 N–H and O–H groups in total. The summed E-state index contributed by atoms with van der Waals surface area (Å²) in [5, 5.41) is 29.7. The third-order valence-electron chi connectivity index (χ3n) is 2.27. The van der Waals surface area contributed by atoms with E-state index in [9.17, 15) is 9.90 Å². The van der Waals surface area contributed by atoms with Crippen LogP contribution in [0.5, 0.6) is 0 Å². The van der Waals surface area contributed by atoms with Crippen LogP contribution in [0.15, 0.2) is 24.3 Å². The zero-order chi connectivity index (χ0) is 12.7. The Morgan fingerprint density at radius 3 is 2.82 bits per heavy atom. The van der Waals surface area contributed by atoms with Crippen molar-refractivity contribution in [2.24, 2.45) is 0 Å². The molecular weight excluding hydrogens is 220 g/mol. The first-order valence-electron chi connectivity index (χ1n) is 5.26. The Labute approximate surface area is 99.3 Å². The molecule has 0 aliphatic rings. The molecule has 5 nitrogen and oxygen atoms in total. The Bertz CT molecular complexity index is 426. The summed E-state index contributed by atoms with van der Waals surface area (Å²) in [6, 6.07) is 8.98. The van der Waals surface area contributed by atoms with Crippen LogP contribution in [0.2, 0.25) is 0 Å². The van der Waals surface area contributed by atoms with Gasteiger partial charge in [-0.25, -0.2) is 0 Å². The van der Waals surface area contributed by atoms with E-state index in [1.807, 2.05) is 6.07 Å². The zero-order valence-corrected chi connectivity index (χ0v) is 9.26. The molecule has 0 aliphatic heterocycles. The molecule has 17 heavy (non-hydrogen) atoms. The Balaban J connectivity index is 2.45. The molecule has 1 unspecified atom stereocenters. The fourth-order valence-electron chi connectivity index (χ4n) is 1.35. The number of nitriles is 1. The highest BCUT2D eigenvalue weighted by atomic mass is 16.4. The molecule has 1 rings (SSSR count). The average Bonchev–Trinajstić information content (AvgIpc) is 2.34. The number of para-hydroxylation sites is 1. The summed E-state index contributed by atoms with van der Waals surface area (Å²) in [5.74, 6) is -0.929. The molecule has 1 atom stereocenters. The number of rotatable bonds is 6. The van der Waals surface area contributed by atoms with E-state index in [1.165, 1.54) is 0 Å². The van der Waals surface area contributed by atoms with Crippen molar-refractivity contribution < 1.29 is 15.0 Å². The van der Waals surface area contributed by atoms with Gasteiger partial charge in [0.2, 0.25) is 0 Å². The van der Waals surface area contributed by atoms with Crippen LogP contribution in [0.1, 0.15) is 18.4 Å². The normalized spacial score (nSPS) is 11.5. The van der Waals surface area contributed by atoms with E-state index in [1.54, 1.807) is 24.3 Å². The number of hydrogen-bond donors (Lipinski definition) is 3. The van der Waals surface area contributed by atoms with E-state index in [0.29, 0.717) is 11.3 Å². The Kier molecular flexibility index (Phi) is 4.98. The second kappa shape index (κ2) is 6.51. The fraction of sp³-hybridized carbons (Fsp3) is 0.333. The van der Waals surface area contributed by atoms with Crippen LogP contribution >= 0.6 is 0 Å². The van der Waals surface area contributed by atoms with Gasteiger partial charge in [0.25, 0.3) is 0 Å². The van der Waals surface area contributed by atoms with Crippen molar-refractivity contribution in [3.05, 3.63) is 29.8 Å². The standard InChI is InChI=1S/C12H14N2O3/c13-7-9-3-1-2-4-11(9)14-8-10(15)5-6-12(16)17/h1-4,10,14-15H,5-6,8H2,(H,16,17). The number of carboxylic acids is 1. The van der Waals surface area contributed by atoms with Gasteiger partial charge in [0.15, 0.2) is 0 Å². The molecule has 90 valence electrons. The number of nitrogens with zero attached hydrogens (tertiary/aromatic N) is 1. The van der Waals surface area contributed by atoms with Gasteiger partial charge in [0, 0.05) is 13.0 Å². The van der Waals surface area contributed by atoms with E-state index >= 15 is 0 Å². The lowest BCUT2D eigenvalue weighted by molar-refractivity contribution is -0.137. The first-order chi connectivity index (χ1) is 8.13. The Hall–Kier alpha value is -2.06. The highest BCUT2D eigenvalue weighted by Gasteiger charge is 2.08. The van der Waals surface area contributed by atoms with Crippen molar-refractivity contribution >= 4 is 11.7 Å². The first-order valence-corrected chi connectivity index (χ1v) is 5.26. The number of anilines is 1. The van der Waals surface area contributed by atoms with Gasteiger partial charge in [-0.2, -0.15) is 5.26 Å². The molecular formula is C12H14N2O3. The number of aliphatic carboxylic acids is 1. The first kappa shape index (κ1) is 13.0. The van der Waals surface area contributed by atoms with Crippen molar-refractivity contribution in [2.75, 3.05) is 11.9 Å². The van der Waals surface area contributed by atoms with E-state index in [-0.39, 0.29) is 19.4 Å².